The van der Waals surface area contributed by atoms with E-state index in [1.165, 1.54) is 0 Å². The number of hydrogen-bond acceptors (Lipinski definition) is 11. The largest absolute Gasteiger partial charge is 0.394 e. The molecule has 0 amide bonds. The first-order chi connectivity index (χ1) is 16.3. The lowest BCUT2D eigenvalue weighted by molar-refractivity contribution is -0.383. The highest BCUT2D eigenvalue weighted by molar-refractivity contribution is 6.45. The molecule has 17 heteroatoms. The average Bonchev–Trinajstić information content (AvgIpc) is 3.10. The quantitative estimate of drug-likeness (QED) is 0.161. The van der Waals surface area contributed by atoms with Crippen LogP contribution in [0.1, 0.15) is 0 Å². The van der Waals surface area contributed by atoms with Gasteiger partial charge in [0, 0.05) is 0 Å². The fourth-order valence-electron chi connectivity index (χ4n) is 3.69. The van der Waals surface area contributed by atoms with Gasteiger partial charge in [-0.05, 0) is 0 Å². The van der Waals surface area contributed by atoms with Crippen LogP contribution in [-0.2, 0) is 14.2 Å². The number of hydrogen-bond donors (Lipinski definition) is 8. The van der Waals surface area contributed by atoms with Crippen LogP contribution in [0.5, 0.6) is 0 Å². The molecule has 2 saturated heterocycles. The molecule has 0 aromatic carbocycles. The minimum absolute atomic E-state index is 0.437. The van der Waals surface area contributed by atoms with Gasteiger partial charge in [-0.15, -0.1) is 69.6 Å². The van der Waals surface area contributed by atoms with E-state index < -0.39 is 107 Å². The molecule has 0 radical (unpaired) electrons. The van der Waals surface area contributed by atoms with Crippen LogP contribution in [0.4, 0.5) is 0 Å². The van der Waals surface area contributed by atoms with Crippen molar-refractivity contribution in [3.63, 3.8) is 0 Å². The zero-order valence-electron chi connectivity index (χ0n) is 17.8. The van der Waals surface area contributed by atoms with Crippen molar-refractivity contribution in [3.05, 3.63) is 0 Å². The molecule has 0 spiro atoms. The van der Waals surface area contributed by atoms with Gasteiger partial charge in [-0.25, -0.2) is 0 Å². The van der Waals surface area contributed by atoms with Crippen LogP contribution in [0.3, 0.4) is 0 Å². The van der Waals surface area contributed by atoms with Crippen LogP contribution < -0.4 is 0 Å². The first-order valence-corrected chi connectivity index (χ1v) is 13.0. The Morgan fingerprint density at radius 3 is 1.37 bits per heavy atom. The SMILES string of the molecule is ClC1C(Cl)C(Cl)C(Cl)C(Cl)C1Cl.OC[C@H]1O[C@@](CO)(O[C@H]2O[C@H](CO)[C@@H](O)[C@H](O)[C@H]2O)[C@@H](O)[C@@H]1O. The molecule has 208 valence electrons. The Kier molecular flexibility index (Phi) is 12.6. The molecule has 0 unspecified atom stereocenters. The molecule has 9 atom stereocenters. The number of aliphatic hydroxyl groups excluding tert-OH is 8. The average molecular weight is 633 g/mol. The summed E-state index contributed by atoms with van der Waals surface area (Å²) < 4.78 is 15.4. The van der Waals surface area contributed by atoms with E-state index in [1.54, 1.807) is 0 Å². The molecule has 35 heavy (non-hydrogen) atoms. The molecule has 3 rings (SSSR count). The summed E-state index contributed by atoms with van der Waals surface area (Å²) in [6.45, 7) is -2.32. The van der Waals surface area contributed by atoms with Crippen LogP contribution >= 0.6 is 69.6 Å². The lowest BCUT2D eigenvalue weighted by Gasteiger charge is -2.43. The Morgan fingerprint density at radius 2 is 1.03 bits per heavy atom. The van der Waals surface area contributed by atoms with Crippen LogP contribution in [0.25, 0.3) is 0 Å². The Labute approximate surface area is 230 Å². The molecule has 0 bridgehead atoms. The highest BCUT2D eigenvalue weighted by Gasteiger charge is 2.58. The zero-order valence-corrected chi connectivity index (χ0v) is 22.3. The molecular weight excluding hydrogens is 605 g/mol. The van der Waals surface area contributed by atoms with Crippen molar-refractivity contribution in [2.24, 2.45) is 0 Å². The molecule has 11 nitrogen and oxygen atoms in total. The predicted molar refractivity (Wildman–Crippen MR) is 126 cm³/mol. The molecule has 3 fully saturated rings. The highest BCUT2D eigenvalue weighted by Crippen LogP contribution is 2.40. The first kappa shape index (κ1) is 32.5. The predicted octanol–water partition coefficient (Wildman–Crippen LogP) is -1.75. The number of ether oxygens (including phenoxy) is 3. The van der Waals surface area contributed by atoms with Crippen LogP contribution in [0.15, 0.2) is 0 Å². The Balaban J connectivity index is 0.000000303. The standard InChI is InChI=1S/C12H22O11.C6H6Cl6/c13-1-4-6(16)8(18)9(19)11(21-4)23-12(3-15)10(20)7(17)5(2-14)22-12;7-1-2(8)4(10)6(12)5(11)3(1)9/h4-11,13-20H,1-3H2;1-6H/t4-,5-,6-,7-,8+,9-,10+,11-,12+;/m1./s1. The maximum Gasteiger partial charge on any atom is 0.224 e. The highest BCUT2D eigenvalue weighted by atomic mass is 35.5. The van der Waals surface area contributed by atoms with Crippen molar-refractivity contribution in [1.82, 2.24) is 0 Å². The Hall–Kier alpha value is 1.30. The smallest absolute Gasteiger partial charge is 0.224 e. The van der Waals surface area contributed by atoms with E-state index in [0.717, 1.165) is 0 Å². The summed E-state index contributed by atoms with van der Waals surface area (Å²) in [5, 5.41) is 74.0. The summed E-state index contributed by atoms with van der Waals surface area (Å²) in [5.74, 6) is -2.22. The van der Waals surface area contributed by atoms with Gasteiger partial charge in [0.05, 0.1) is 45.5 Å². The van der Waals surface area contributed by atoms with Gasteiger partial charge in [-0.1, -0.05) is 0 Å². The fraction of sp³-hybridized carbons (Fsp3) is 1.00. The maximum atomic E-state index is 10.00. The first-order valence-electron chi connectivity index (χ1n) is 10.4. The van der Waals surface area contributed by atoms with Crippen LogP contribution in [0, 0.1) is 0 Å². The van der Waals surface area contributed by atoms with Gasteiger partial charge < -0.3 is 55.1 Å². The third-order valence-electron chi connectivity index (χ3n) is 5.90. The lowest BCUT2D eigenvalue weighted by atomic mass is 9.97. The van der Waals surface area contributed by atoms with Crippen molar-refractivity contribution in [1.29, 1.82) is 0 Å². The third kappa shape index (κ3) is 6.72. The van der Waals surface area contributed by atoms with E-state index in [1.807, 2.05) is 0 Å². The number of alkyl halides is 6. The summed E-state index contributed by atoms with van der Waals surface area (Å²) in [6, 6.07) is 0. The summed E-state index contributed by atoms with van der Waals surface area (Å²) >= 11 is 35.3. The van der Waals surface area contributed by atoms with Gasteiger partial charge in [0.15, 0.2) is 6.29 Å². The Bertz CT molecular complexity index is 612. The van der Waals surface area contributed by atoms with E-state index in [0.29, 0.717) is 0 Å². The third-order valence-corrected chi connectivity index (χ3v) is 9.93. The lowest BCUT2D eigenvalue weighted by Crippen LogP contribution is -2.62. The normalized spacial score (nSPS) is 52.6. The summed E-state index contributed by atoms with van der Waals surface area (Å²) in [4.78, 5) is 0. The van der Waals surface area contributed by atoms with Crippen molar-refractivity contribution in [2.75, 3.05) is 19.8 Å². The zero-order chi connectivity index (χ0) is 26.8. The molecule has 1 saturated carbocycles. The second-order valence-electron chi connectivity index (χ2n) is 8.23. The summed E-state index contributed by atoms with van der Waals surface area (Å²) in [5.41, 5.74) is 0. The molecule has 2 aliphatic heterocycles. The van der Waals surface area contributed by atoms with Crippen LogP contribution in [-0.4, -0.2) is 148 Å². The van der Waals surface area contributed by atoms with E-state index >= 15 is 0 Å². The molecule has 0 aromatic rings. The van der Waals surface area contributed by atoms with Gasteiger partial charge in [0.25, 0.3) is 0 Å². The molecule has 0 aromatic heterocycles. The van der Waals surface area contributed by atoms with Gasteiger partial charge in [0.2, 0.25) is 5.79 Å². The van der Waals surface area contributed by atoms with E-state index in [9.17, 15) is 30.6 Å². The number of rotatable bonds is 5. The van der Waals surface area contributed by atoms with Gasteiger partial charge in [0.1, 0.15) is 49.3 Å². The minimum atomic E-state index is -2.22. The fourth-order valence-corrected chi connectivity index (χ4v) is 6.01. The van der Waals surface area contributed by atoms with Gasteiger partial charge in [-0.3, -0.25) is 0 Å². The molecule has 8 N–H and O–H groups in total. The Morgan fingerprint density at radius 1 is 0.600 bits per heavy atom. The van der Waals surface area contributed by atoms with Crippen molar-refractivity contribution in [3.8, 4) is 0 Å². The van der Waals surface area contributed by atoms with Crippen molar-refractivity contribution < 1.29 is 55.1 Å². The van der Waals surface area contributed by atoms with Gasteiger partial charge >= 0.3 is 0 Å². The second-order valence-corrected chi connectivity index (χ2v) is 11.2. The van der Waals surface area contributed by atoms with Crippen molar-refractivity contribution >= 4 is 69.6 Å². The van der Waals surface area contributed by atoms with E-state index in [4.69, 9.17) is 94.0 Å². The van der Waals surface area contributed by atoms with E-state index in [-0.39, 0.29) is 0 Å². The molecule has 1 aliphatic carbocycles. The monoisotopic (exact) mass is 630 g/mol. The van der Waals surface area contributed by atoms with E-state index in [2.05, 4.69) is 0 Å². The summed E-state index contributed by atoms with van der Waals surface area (Å²) in [7, 11) is 0. The molecular formula is C18H28Cl6O11. The van der Waals surface area contributed by atoms with Crippen molar-refractivity contribution in [2.45, 2.75) is 87.1 Å². The van der Waals surface area contributed by atoms with Gasteiger partial charge in [-0.2, -0.15) is 0 Å². The number of halogens is 6. The maximum absolute atomic E-state index is 10.00. The minimum Gasteiger partial charge on any atom is -0.394 e. The van der Waals surface area contributed by atoms with Crippen LogP contribution in [0.2, 0.25) is 0 Å². The number of aliphatic hydroxyl groups is 8. The molecule has 2 heterocycles. The summed E-state index contributed by atoms with van der Waals surface area (Å²) in [6.07, 6.45) is -12.7. The molecule has 3 aliphatic rings. The topological polar surface area (TPSA) is 190 Å². The second kappa shape index (κ2) is 13.6.